The molecule has 174 valence electrons. The van der Waals surface area contributed by atoms with Gasteiger partial charge in [0.1, 0.15) is 11.5 Å². The van der Waals surface area contributed by atoms with Crippen LogP contribution in [0.15, 0.2) is 65.4 Å². The van der Waals surface area contributed by atoms with E-state index in [9.17, 15) is 14.7 Å². The van der Waals surface area contributed by atoms with Crippen LogP contribution >= 0.6 is 12.4 Å². The van der Waals surface area contributed by atoms with Crippen LogP contribution in [0, 0.1) is 5.92 Å². The summed E-state index contributed by atoms with van der Waals surface area (Å²) < 4.78 is 7.90. The number of hydrogen-bond donors (Lipinski definition) is 1. The van der Waals surface area contributed by atoms with E-state index in [0.717, 1.165) is 30.8 Å². The summed E-state index contributed by atoms with van der Waals surface area (Å²) in [4.78, 5) is 31.6. The SMILES string of the molecule is Cl.O=C1/C(=C/c2cccnc2)Oc2c1ccc(O)c2CN1C[C@H]2C[C@@H](C1)c1cccc(=O)n1C2. The van der Waals surface area contributed by atoms with Crippen molar-refractivity contribution < 1.29 is 14.6 Å². The van der Waals surface area contributed by atoms with Crippen LogP contribution in [0.1, 0.15) is 39.5 Å². The van der Waals surface area contributed by atoms with E-state index in [-0.39, 0.29) is 41.2 Å². The quantitative estimate of drug-likeness (QED) is 0.580. The topological polar surface area (TPSA) is 84.7 Å². The average molecular weight is 478 g/mol. The Morgan fingerprint density at radius 3 is 2.79 bits per heavy atom. The number of aromatic nitrogens is 2. The van der Waals surface area contributed by atoms with Gasteiger partial charge in [-0.15, -0.1) is 12.4 Å². The van der Waals surface area contributed by atoms with Crippen LogP contribution in [0.5, 0.6) is 11.5 Å². The zero-order valence-corrected chi connectivity index (χ0v) is 19.2. The number of Topliss-reactive ketones (excluding diaryl/α,β-unsaturated/α-hetero) is 1. The molecule has 0 radical (unpaired) electrons. The Bertz CT molecular complexity index is 1350. The third-order valence-corrected chi connectivity index (χ3v) is 6.84. The fraction of sp³-hybridized carbons (Fsp3) is 0.269. The van der Waals surface area contributed by atoms with Crippen molar-refractivity contribution >= 4 is 24.3 Å². The zero-order valence-electron chi connectivity index (χ0n) is 18.4. The van der Waals surface area contributed by atoms with Crippen molar-refractivity contribution in [1.82, 2.24) is 14.5 Å². The van der Waals surface area contributed by atoms with Gasteiger partial charge in [-0.05, 0) is 48.2 Å². The highest BCUT2D eigenvalue weighted by molar-refractivity contribution is 6.14. The highest BCUT2D eigenvalue weighted by Crippen LogP contribution is 2.42. The standard InChI is InChI=1S/C26H23N3O4.ClH/c30-22-7-6-19-25(32)23(10-16-3-2-8-27-11-16)33-26(19)20(22)15-28-12-17-9-18(14-28)21-4-1-5-24(31)29(21)13-17;/h1-8,10-11,17-18,30H,9,12-15H2;1H/b23-10-;/t17-,18+;/m1./s1. The average Bonchev–Trinajstić information content (AvgIpc) is 3.12. The van der Waals surface area contributed by atoms with Crippen LogP contribution in [0.2, 0.25) is 0 Å². The Kier molecular flexibility index (Phi) is 5.75. The molecule has 5 heterocycles. The number of benzene rings is 1. The molecule has 0 saturated carbocycles. The number of nitrogens with zero attached hydrogens (tertiary/aromatic N) is 3. The second-order valence-corrected chi connectivity index (χ2v) is 9.06. The summed E-state index contributed by atoms with van der Waals surface area (Å²) in [7, 11) is 0. The lowest BCUT2D eigenvalue weighted by atomic mass is 9.83. The maximum atomic E-state index is 12.9. The molecule has 2 bridgehead atoms. The molecule has 2 aromatic heterocycles. The molecule has 1 N–H and O–H groups in total. The van der Waals surface area contributed by atoms with Gasteiger partial charge in [0, 0.05) is 56.3 Å². The maximum absolute atomic E-state index is 12.9. The number of ether oxygens (including phenoxy) is 1. The number of phenolic OH excluding ortho intramolecular Hbond substituents is 1. The first-order chi connectivity index (χ1) is 16.1. The monoisotopic (exact) mass is 477 g/mol. The molecule has 0 spiro atoms. The van der Waals surface area contributed by atoms with Gasteiger partial charge >= 0.3 is 0 Å². The Morgan fingerprint density at radius 1 is 1.09 bits per heavy atom. The molecule has 0 amide bonds. The molecule has 34 heavy (non-hydrogen) atoms. The van der Waals surface area contributed by atoms with E-state index >= 15 is 0 Å². The van der Waals surface area contributed by atoms with E-state index in [1.54, 1.807) is 42.7 Å². The summed E-state index contributed by atoms with van der Waals surface area (Å²) in [6.45, 7) is 2.81. The molecule has 3 aliphatic heterocycles. The number of rotatable bonds is 3. The molecule has 6 rings (SSSR count). The van der Waals surface area contributed by atoms with Gasteiger partial charge in [-0.25, -0.2) is 0 Å². The molecular weight excluding hydrogens is 454 g/mol. The van der Waals surface area contributed by atoms with Gasteiger partial charge in [0.25, 0.3) is 5.56 Å². The van der Waals surface area contributed by atoms with Gasteiger partial charge in [-0.1, -0.05) is 12.1 Å². The van der Waals surface area contributed by atoms with Crippen molar-refractivity contribution in [2.24, 2.45) is 5.92 Å². The molecule has 7 nitrogen and oxygen atoms in total. The number of aromatic hydroxyl groups is 1. The van der Waals surface area contributed by atoms with Gasteiger partial charge in [0.2, 0.25) is 5.78 Å². The summed E-state index contributed by atoms with van der Waals surface area (Å²) >= 11 is 0. The number of hydrogen-bond acceptors (Lipinski definition) is 6. The van der Waals surface area contributed by atoms with Gasteiger partial charge < -0.3 is 14.4 Å². The molecule has 1 saturated heterocycles. The lowest BCUT2D eigenvalue weighted by molar-refractivity contribution is 0.101. The number of carbonyl (C=O) groups is 1. The first kappa shape index (κ1) is 22.4. The first-order valence-corrected chi connectivity index (χ1v) is 11.2. The second-order valence-electron chi connectivity index (χ2n) is 9.06. The van der Waals surface area contributed by atoms with Crippen molar-refractivity contribution in [3.8, 4) is 11.5 Å². The van der Waals surface area contributed by atoms with Gasteiger partial charge in [-0.3, -0.25) is 19.5 Å². The number of likely N-dealkylation sites (tertiary alicyclic amines) is 1. The van der Waals surface area contributed by atoms with Crippen LogP contribution in [0.3, 0.4) is 0 Å². The number of pyridine rings is 2. The Morgan fingerprint density at radius 2 is 1.97 bits per heavy atom. The van der Waals surface area contributed by atoms with E-state index in [1.165, 1.54) is 0 Å². The smallest absolute Gasteiger partial charge is 0.250 e. The number of carbonyl (C=O) groups excluding carboxylic acids is 1. The minimum absolute atomic E-state index is 0. The maximum Gasteiger partial charge on any atom is 0.250 e. The van der Waals surface area contributed by atoms with Gasteiger partial charge in [0.05, 0.1) is 11.1 Å². The van der Waals surface area contributed by atoms with Gasteiger partial charge in [0.15, 0.2) is 5.76 Å². The third kappa shape index (κ3) is 3.81. The van der Waals surface area contributed by atoms with Crippen molar-refractivity contribution in [3.05, 3.63) is 93.4 Å². The number of phenols is 1. The van der Waals surface area contributed by atoms with Crippen LogP contribution < -0.4 is 10.3 Å². The van der Waals surface area contributed by atoms with Crippen LogP contribution in [-0.4, -0.2) is 38.4 Å². The molecular formula is C26H24ClN3O4. The minimum atomic E-state index is -0.195. The van der Waals surface area contributed by atoms with E-state index in [1.807, 2.05) is 22.8 Å². The molecule has 8 heteroatoms. The molecule has 1 fully saturated rings. The van der Waals surface area contributed by atoms with Gasteiger partial charge in [-0.2, -0.15) is 0 Å². The molecule has 1 aromatic carbocycles. The normalized spacial score (nSPS) is 22.0. The summed E-state index contributed by atoms with van der Waals surface area (Å²) in [6.07, 6.45) is 6.08. The Labute approximate surface area is 202 Å². The van der Waals surface area contributed by atoms with Crippen LogP contribution in [-0.2, 0) is 13.1 Å². The fourth-order valence-corrected chi connectivity index (χ4v) is 5.41. The predicted octanol–water partition coefficient (Wildman–Crippen LogP) is 3.61. The van der Waals surface area contributed by atoms with E-state index in [2.05, 4.69) is 9.88 Å². The van der Waals surface area contributed by atoms with Crippen molar-refractivity contribution in [1.29, 1.82) is 0 Å². The lowest BCUT2D eigenvalue weighted by Gasteiger charge is -2.42. The molecule has 3 aromatic rings. The zero-order chi connectivity index (χ0) is 22.5. The first-order valence-electron chi connectivity index (χ1n) is 11.2. The number of halogens is 1. The summed E-state index contributed by atoms with van der Waals surface area (Å²) in [5.41, 5.74) is 3.01. The highest BCUT2D eigenvalue weighted by Gasteiger charge is 2.36. The summed E-state index contributed by atoms with van der Waals surface area (Å²) in [6, 6.07) is 12.3. The minimum Gasteiger partial charge on any atom is -0.507 e. The third-order valence-electron chi connectivity index (χ3n) is 6.84. The molecule has 0 aliphatic carbocycles. The Hall–Kier alpha value is -3.42. The van der Waals surface area contributed by atoms with E-state index in [4.69, 9.17) is 4.74 Å². The summed E-state index contributed by atoms with van der Waals surface area (Å²) in [5.74, 6) is 1.24. The Balaban J connectivity index is 0.00000241. The molecule has 0 unspecified atom stereocenters. The second kappa shape index (κ2) is 8.74. The number of allylic oxidation sites excluding steroid dienone is 1. The van der Waals surface area contributed by atoms with Crippen molar-refractivity contribution in [2.45, 2.75) is 25.4 Å². The fourth-order valence-electron chi connectivity index (χ4n) is 5.41. The highest BCUT2D eigenvalue weighted by atomic mass is 35.5. The van der Waals surface area contributed by atoms with E-state index < -0.39 is 0 Å². The number of fused-ring (bicyclic) bond motifs is 5. The largest absolute Gasteiger partial charge is 0.507 e. The van der Waals surface area contributed by atoms with Crippen LogP contribution in [0.4, 0.5) is 0 Å². The van der Waals surface area contributed by atoms with Crippen LogP contribution in [0.25, 0.3) is 6.08 Å². The summed E-state index contributed by atoms with van der Waals surface area (Å²) in [5, 5.41) is 10.7. The predicted molar refractivity (Wildman–Crippen MR) is 129 cm³/mol. The van der Waals surface area contributed by atoms with Crippen molar-refractivity contribution in [2.75, 3.05) is 13.1 Å². The molecule has 2 atom stereocenters. The number of ketones is 1. The van der Waals surface area contributed by atoms with E-state index in [0.29, 0.717) is 35.9 Å². The number of piperidine rings is 1. The lowest BCUT2D eigenvalue weighted by Crippen LogP contribution is -2.46. The molecule has 3 aliphatic rings. The van der Waals surface area contributed by atoms with Crippen molar-refractivity contribution in [3.63, 3.8) is 0 Å².